The standard InChI is InChI=1S/C17H24BNO6/c1-10(2)15(17(21)24-8-7-23-4)19-16(20)13-6-5-12-9-25-18(22)14(12)11(13)3/h5-6,10,15,22H,7-9H2,1-4H3,(H,19,20)/t15-/m0/s1. The van der Waals surface area contributed by atoms with Crippen LogP contribution in [0.4, 0.5) is 0 Å². The van der Waals surface area contributed by atoms with Gasteiger partial charge < -0.3 is 24.5 Å². The van der Waals surface area contributed by atoms with Gasteiger partial charge in [0.15, 0.2) is 0 Å². The molecule has 136 valence electrons. The predicted octanol–water partition coefficient (Wildman–Crippen LogP) is 0.157. The summed E-state index contributed by atoms with van der Waals surface area (Å²) in [5.41, 5.74) is 2.53. The molecule has 0 fully saturated rings. The van der Waals surface area contributed by atoms with Crippen LogP contribution in [0.3, 0.4) is 0 Å². The zero-order chi connectivity index (χ0) is 18.6. The Kier molecular flexibility index (Phi) is 6.58. The summed E-state index contributed by atoms with van der Waals surface area (Å²) in [6, 6.07) is 2.67. The van der Waals surface area contributed by atoms with Gasteiger partial charge in [0.05, 0.1) is 13.2 Å². The summed E-state index contributed by atoms with van der Waals surface area (Å²) >= 11 is 0. The van der Waals surface area contributed by atoms with Gasteiger partial charge in [-0.15, -0.1) is 0 Å². The number of hydrogen-bond donors (Lipinski definition) is 2. The third-order valence-corrected chi connectivity index (χ3v) is 4.23. The number of fused-ring (bicyclic) bond motifs is 1. The Labute approximate surface area is 147 Å². The van der Waals surface area contributed by atoms with Gasteiger partial charge in [0.25, 0.3) is 5.91 Å². The average Bonchev–Trinajstić information content (AvgIpc) is 2.94. The number of rotatable bonds is 7. The number of carbonyl (C=O) groups is 2. The van der Waals surface area contributed by atoms with Crippen molar-refractivity contribution in [3.05, 3.63) is 28.8 Å². The Hall–Kier alpha value is -1.90. The van der Waals surface area contributed by atoms with E-state index in [2.05, 4.69) is 5.32 Å². The average molecular weight is 349 g/mol. The fourth-order valence-corrected chi connectivity index (χ4v) is 2.78. The predicted molar refractivity (Wildman–Crippen MR) is 92.5 cm³/mol. The van der Waals surface area contributed by atoms with Crippen LogP contribution in [0, 0.1) is 12.8 Å². The molecule has 0 bridgehead atoms. The first kappa shape index (κ1) is 19.4. The Bertz CT molecular complexity index is 648. The minimum absolute atomic E-state index is 0.135. The second-order valence-corrected chi connectivity index (χ2v) is 6.33. The fraction of sp³-hybridized carbons (Fsp3) is 0.529. The zero-order valence-corrected chi connectivity index (χ0v) is 15.0. The van der Waals surface area contributed by atoms with Gasteiger partial charge in [-0.1, -0.05) is 19.9 Å². The van der Waals surface area contributed by atoms with Crippen LogP contribution in [0.2, 0.25) is 0 Å². The van der Waals surface area contributed by atoms with Crippen molar-refractivity contribution >= 4 is 24.5 Å². The molecule has 0 aliphatic carbocycles. The quantitative estimate of drug-likeness (QED) is 0.414. The van der Waals surface area contributed by atoms with E-state index in [1.807, 2.05) is 13.8 Å². The van der Waals surface area contributed by atoms with E-state index in [9.17, 15) is 14.6 Å². The molecule has 1 heterocycles. The lowest BCUT2D eigenvalue weighted by molar-refractivity contribution is -0.148. The molecule has 1 aromatic rings. The van der Waals surface area contributed by atoms with Gasteiger partial charge in [-0.2, -0.15) is 0 Å². The Balaban J connectivity index is 2.14. The normalized spacial score (nSPS) is 14.4. The van der Waals surface area contributed by atoms with Crippen molar-refractivity contribution in [2.24, 2.45) is 5.92 Å². The van der Waals surface area contributed by atoms with Crippen molar-refractivity contribution < 1.29 is 28.7 Å². The number of hydrogen-bond acceptors (Lipinski definition) is 6. The number of methoxy groups -OCH3 is 1. The van der Waals surface area contributed by atoms with E-state index in [1.165, 1.54) is 7.11 Å². The molecule has 0 saturated carbocycles. The summed E-state index contributed by atoms with van der Waals surface area (Å²) in [5.74, 6) is -1.02. The van der Waals surface area contributed by atoms with Crippen molar-refractivity contribution in [1.82, 2.24) is 5.32 Å². The molecular weight excluding hydrogens is 325 g/mol. The Morgan fingerprint density at radius 1 is 1.36 bits per heavy atom. The number of esters is 1. The molecule has 1 atom stereocenters. The highest BCUT2D eigenvalue weighted by Crippen LogP contribution is 2.17. The van der Waals surface area contributed by atoms with Crippen LogP contribution in [0.5, 0.6) is 0 Å². The third-order valence-electron chi connectivity index (χ3n) is 4.23. The molecule has 0 spiro atoms. The molecule has 2 rings (SSSR count). The first-order valence-electron chi connectivity index (χ1n) is 8.25. The van der Waals surface area contributed by atoms with Crippen LogP contribution < -0.4 is 10.8 Å². The van der Waals surface area contributed by atoms with E-state index in [4.69, 9.17) is 14.1 Å². The summed E-state index contributed by atoms with van der Waals surface area (Å²) in [6.45, 7) is 6.17. The van der Waals surface area contributed by atoms with Crippen molar-refractivity contribution in [2.45, 2.75) is 33.4 Å². The molecule has 2 N–H and O–H groups in total. The maximum absolute atomic E-state index is 12.7. The van der Waals surface area contributed by atoms with Crippen LogP contribution in [-0.4, -0.2) is 50.4 Å². The molecule has 1 aliphatic rings. The molecule has 1 aliphatic heterocycles. The second-order valence-electron chi connectivity index (χ2n) is 6.33. The monoisotopic (exact) mass is 349 g/mol. The Morgan fingerprint density at radius 2 is 2.08 bits per heavy atom. The first-order valence-corrected chi connectivity index (χ1v) is 8.25. The van der Waals surface area contributed by atoms with Crippen molar-refractivity contribution in [2.75, 3.05) is 20.3 Å². The van der Waals surface area contributed by atoms with Gasteiger partial charge >= 0.3 is 13.1 Å². The second kappa shape index (κ2) is 8.46. The van der Waals surface area contributed by atoms with E-state index >= 15 is 0 Å². The van der Waals surface area contributed by atoms with Gasteiger partial charge in [-0.05, 0) is 35.5 Å². The van der Waals surface area contributed by atoms with Gasteiger partial charge in [0, 0.05) is 12.7 Å². The Morgan fingerprint density at radius 3 is 2.72 bits per heavy atom. The maximum atomic E-state index is 12.7. The number of nitrogens with one attached hydrogen (secondary N) is 1. The fourth-order valence-electron chi connectivity index (χ4n) is 2.78. The summed E-state index contributed by atoms with van der Waals surface area (Å²) < 4.78 is 15.2. The molecule has 1 aromatic carbocycles. The molecule has 25 heavy (non-hydrogen) atoms. The molecule has 0 radical (unpaired) electrons. The smallest absolute Gasteiger partial charge is 0.462 e. The highest BCUT2D eigenvalue weighted by molar-refractivity contribution is 6.62. The molecule has 8 heteroatoms. The van der Waals surface area contributed by atoms with Gasteiger partial charge in [0.1, 0.15) is 12.6 Å². The molecule has 7 nitrogen and oxygen atoms in total. The number of carbonyl (C=O) groups excluding carboxylic acids is 2. The highest BCUT2D eigenvalue weighted by atomic mass is 16.6. The maximum Gasteiger partial charge on any atom is 0.492 e. The van der Waals surface area contributed by atoms with Gasteiger partial charge in [-0.3, -0.25) is 4.79 Å². The summed E-state index contributed by atoms with van der Waals surface area (Å²) in [7, 11) is 0.493. The third kappa shape index (κ3) is 4.39. The number of ether oxygens (including phenoxy) is 2. The lowest BCUT2D eigenvalue weighted by Gasteiger charge is -2.21. The van der Waals surface area contributed by atoms with Crippen LogP contribution in [0.25, 0.3) is 0 Å². The lowest BCUT2D eigenvalue weighted by Crippen LogP contribution is -2.46. The van der Waals surface area contributed by atoms with Crippen LogP contribution in [0.1, 0.15) is 35.3 Å². The van der Waals surface area contributed by atoms with Crippen LogP contribution in [-0.2, 0) is 25.5 Å². The molecule has 0 saturated heterocycles. The van der Waals surface area contributed by atoms with Gasteiger partial charge in [0.2, 0.25) is 0 Å². The summed E-state index contributed by atoms with van der Waals surface area (Å²) in [4.78, 5) is 24.9. The van der Waals surface area contributed by atoms with E-state index in [0.717, 1.165) is 5.56 Å². The summed E-state index contributed by atoms with van der Waals surface area (Å²) in [5, 5.41) is 12.6. The van der Waals surface area contributed by atoms with Crippen molar-refractivity contribution in [3.8, 4) is 0 Å². The minimum atomic E-state index is -1.03. The zero-order valence-electron chi connectivity index (χ0n) is 15.0. The molecule has 0 aromatic heterocycles. The molecular formula is C17H24BNO6. The van der Waals surface area contributed by atoms with Crippen molar-refractivity contribution in [1.29, 1.82) is 0 Å². The van der Waals surface area contributed by atoms with E-state index in [0.29, 0.717) is 29.8 Å². The van der Waals surface area contributed by atoms with E-state index < -0.39 is 19.1 Å². The molecule has 0 unspecified atom stereocenters. The number of amides is 1. The summed E-state index contributed by atoms with van der Waals surface area (Å²) in [6.07, 6.45) is 0. The first-order chi connectivity index (χ1) is 11.9. The topological polar surface area (TPSA) is 94.1 Å². The minimum Gasteiger partial charge on any atom is -0.462 e. The largest absolute Gasteiger partial charge is 0.492 e. The number of benzene rings is 1. The SMILES string of the molecule is COCCOC(=O)[C@@H](NC(=O)c1ccc2c(c1C)B(O)OC2)C(C)C. The van der Waals surface area contributed by atoms with Crippen LogP contribution in [0.15, 0.2) is 12.1 Å². The van der Waals surface area contributed by atoms with E-state index in [1.54, 1.807) is 19.1 Å². The molecule has 1 amide bonds. The van der Waals surface area contributed by atoms with Gasteiger partial charge in [-0.25, -0.2) is 4.79 Å². The van der Waals surface area contributed by atoms with E-state index in [-0.39, 0.29) is 18.4 Å². The highest BCUT2D eigenvalue weighted by Gasteiger charge is 2.32. The van der Waals surface area contributed by atoms with Crippen LogP contribution >= 0.6 is 0 Å². The lowest BCUT2D eigenvalue weighted by atomic mass is 9.75. The van der Waals surface area contributed by atoms with Crippen molar-refractivity contribution in [3.63, 3.8) is 0 Å².